The molecular formula is C15H22N2O2S. The van der Waals surface area contributed by atoms with E-state index in [0.29, 0.717) is 17.2 Å². The second-order valence-electron chi connectivity index (χ2n) is 5.67. The summed E-state index contributed by atoms with van der Waals surface area (Å²) in [4.78, 5) is 27.2. The Morgan fingerprint density at radius 1 is 1.35 bits per heavy atom. The second kappa shape index (κ2) is 6.88. The van der Waals surface area contributed by atoms with Gasteiger partial charge in [0.25, 0.3) is 5.91 Å². The van der Waals surface area contributed by atoms with Crippen molar-refractivity contribution in [1.82, 2.24) is 10.2 Å². The Balaban J connectivity index is 2.02. The molecule has 2 amide bonds. The van der Waals surface area contributed by atoms with E-state index in [4.69, 9.17) is 0 Å². The maximum atomic E-state index is 12.5. The molecular weight excluding hydrogens is 272 g/mol. The van der Waals surface area contributed by atoms with Crippen molar-refractivity contribution >= 4 is 23.2 Å². The fourth-order valence-corrected chi connectivity index (χ4v) is 3.11. The van der Waals surface area contributed by atoms with Gasteiger partial charge < -0.3 is 10.2 Å². The molecule has 4 nitrogen and oxygen atoms in total. The average molecular weight is 294 g/mol. The van der Waals surface area contributed by atoms with Crippen molar-refractivity contribution in [2.45, 2.75) is 39.2 Å². The molecule has 0 radical (unpaired) electrons. The molecule has 20 heavy (non-hydrogen) atoms. The number of carbonyl (C=O) groups excluding carboxylic acids is 2. The number of hydrogen-bond donors (Lipinski definition) is 1. The lowest BCUT2D eigenvalue weighted by molar-refractivity contribution is -0.132. The molecule has 1 aromatic rings. The summed E-state index contributed by atoms with van der Waals surface area (Å²) in [6, 6.07) is 3.23. The first-order chi connectivity index (χ1) is 9.58. The number of carbonyl (C=O) groups is 2. The molecule has 0 spiro atoms. The Kier molecular flexibility index (Phi) is 5.17. The molecule has 0 unspecified atom stereocenters. The number of amides is 2. The molecule has 1 aliphatic rings. The molecule has 1 N–H and O–H groups in total. The van der Waals surface area contributed by atoms with Crippen molar-refractivity contribution < 1.29 is 9.59 Å². The summed E-state index contributed by atoms with van der Waals surface area (Å²) in [5.41, 5.74) is 0. The fourth-order valence-electron chi connectivity index (χ4n) is 2.49. The summed E-state index contributed by atoms with van der Waals surface area (Å²) in [5.74, 6) is 0.300. The van der Waals surface area contributed by atoms with Gasteiger partial charge in [-0.15, -0.1) is 11.3 Å². The Labute approximate surface area is 124 Å². The Morgan fingerprint density at radius 2 is 2.05 bits per heavy atom. The molecule has 1 saturated heterocycles. The number of likely N-dealkylation sites (tertiary alicyclic amines) is 1. The first kappa shape index (κ1) is 15.0. The van der Waals surface area contributed by atoms with Crippen LogP contribution in [0.5, 0.6) is 0 Å². The van der Waals surface area contributed by atoms with E-state index in [1.807, 2.05) is 16.3 Å². The van der Waals surface area contributed by atoms with Gasteiger partial charge in [0.05, 0.1) is 4.88 Å². The van der Waals surface area contributed by atoms with Crippen molar-refractivity contribution in [2.75, 3.05) is 13.1 Å². The van der Waals surface area contributed by atoms with Gasteiger partial charge >= 0.3 is 0 Å². The normalized spacial score (nSPS) is 16.4. The van der Waals surface area contributed by atoms with Crippen molar-refractivity contribution in [1.29, 1.82) is 0 Å². The van der Waals surface area contributed by atoms with E-state index in [2.05, 4.69) is 19.2 Å². The lowest BCUT2D eigenvalue weighted by atomic mass is 10.0. The third kappa shape index (κ3) is 3.82. The number of hydrogen-bond acceptors (Lipinski definition) is 3. The Hall–Kier alpha value is -1.36. The molecule has 1 fully saturated rings. The van der Waals surface area contributed by atoms with Crippen molar-refractivity contribution in [3.63, 3.8) is 0 Å². The van der Waals surface area contributed by atoms with Gasteiger partial charge in [0, 0.05) is 13.1 Å². The van der Waals surface area contributed by atoms with Crippen molar-refractivity contribution in [3.8, 4) is 0 Å². The summed E-state index contributed by atoms with van der Waals surface area (Å²) < 4.78 is 0. The largest absolute Gasteiger partial charge is 0.341 e. The van der Waals surface area contributed by atoms with Crippen LogP contribution in [-0.2, 0) is 4.79 Å². The fraction of sp³-hybridized carbons (Fsp3) is 0.600. The van der Waals surface area contributed by atoms with Crippen LogP contribution in [-0.4, -0.2) is 35.8 Å². The van der Waals surface area contributed by atoms with Crippen LogP contribution in [0, 0.1) is 5.92 Å². The van der Waals surface area contributed by atoms with Crippen LogP contribution >= 0.6 is 11.3 Å². The van der Waals surface area contributed by atoms with Gasteiger partial charge in [-0.2, -0.15) is 0 Å². The predicted molar refractivity (Wildman–Crippen MR) is 80.8 cm³/mol. The highest BCUT2D eigenvalue weighted by Crippen LogP contribution is 2.15. The van der Waals surface area contributed by atoms with Crippen LogP contribution < -0.4 is 5.32 Å². The summed E-state index contributed by atoms with van der Waals surface area (Å²) in [6.07, 6.45) is 2.82. The van der Waals surface area contributed by atoms with Crippen molar-refractivity contribution in [2.24, 2.45) is 5.92 Å². The molecule has 2 rings (SSSR count). The minimum Gasteiger partial charge on any atom is -0.341 e. The highest BCUT2D eigenvalue weighted by Gasteiger charge is 2.28. The van der Waals surface area contributed by atoms with Gasteiger partial charge in [0.15, 0.2) is 0 Å². The summed E-state index contributed by atoms with van der Waals surface area (Å²) >= 11 is 1.40. The second-order valence-corrected chi connectivity index (χ2v) is 6.61. The highest BCUT2D eigenvalue weighted by molar-refractivity contribution is 7.12. The molecule has 0 aromatic carbocycles. The van der Waals surface area contributed by atoms with Crippen LogP contribution in [0.1, 0.15) is 42.8 Å². The predicted octanol–water partition coefficient (Wildman–Crippen LogP) is 2.52. The van der Waals surface area contributed by atoms with Gasteiger partial charge in [0.2, 0.25) is 5.91 Å². The number of rotatable bonds is 5. The van der Waals surface area contributed by atoms with Crippen LogP contribution in [0.25, 0.3) is 0 Å². The zero-order valence-corrected chi connectivity index (χ0v) is 12.9. The smallest absolute Gasteiger partial charge is 0.261 e. The Morgan fingerprint density at radius 3 is 2.60 bits per heavy atom. The molecule has 2 heterocycles. The first-order valence-corrected chi connectivity index (χ1v) is 8.09. The van der Waals surface area contributed by atoms with Crippen LogP contribution in [0.2, 0.25) is 0 Å². The lowest BCUT2D eigenvalue weighted by Crippen LogP contribution is -2.48. The lowest BCUT2D eigenvalue weighted by Gasteiger charge is -2.25. The highest BCUT2D eigenvalue weighted by atomic mass is 32.1. The van der Waals surface area contributed by atoms with Crippen molar-refractivity contribution in [3.05, 3.63) is 22.4 Å². The molecule has 0 aliphatic carbocycles. The zero-order chi connectivity index (χ0) is 14.5. The van der Waals surface area contributed by atoms with E-state index in [1.165, 1.54) is 11.3 Å². The topological polar surface area (TPSA) is 49.4 Å². The molecule has 1 aromatic heterocycles. The van der Waals surface area contributed by atoms with E-state index in [-0.39, 0.29) is 11.8 Å². The SMILES string of the molecule is CC(C)C[C@H](NC(=O)c1cccs1)C(=O)N1CCCC1. The van der Waals surface area contributed by atoms with Crippen LogP contribution in [0.15, 0.2) is 17.5 Å². The molecule has 110 valence electrons. The molecule has 1 aliphatic heterocycles. The van der Waals surface area contributed by atoms with E-state index in [9.17, 15) is 9.59 Å². The van der Waals surface area contributed by atoms with Gasteiger partial charge in [-0.3, -0.25) is 9.59 Å². The zero-order valence-electron chi connectivity index (χ0n) is 12.1. The van der Waals surface area contributed by atoms with Crippen LogP contribution in [0.4, 0.5) is 0 Å². The molecule has 5 heteroatoms. The van der Waals surface area contributed by atoms with Gasteiger partial charge in [0.1, 0.15) is 6.04 Å². The third-order valence-corrected chi connectivity index (χ3v) is 4.34. The van der Waals surface area contributed by atoms with Gasteiger partial charge in [-0.1, -0.05) is 19.9 Å². The molecule has 0 bridgehead atoms. The maximum Gasteiger partial charge on any atom is 0.261 e. The van der Waals surface area contributed by atoms with Gasteiger partial charge in [-0.05, 0) is 36.6 Å². The first-order valence-electron chi connectivity index (χ1n) is 7.21. The maximum absolute atomic E-state index is 12.5. The monoisotopic (exact) mass is 294 g/mol. The van der Waals surface area contributed by atoms with E-state index in [0.717, 1.165) is 25.9 Å². The summed E-state index contributed by atoms with van der Waals surface area (Å²) in [6.45, 7) is 5.79. The molecule has 1 atom stereocenters. The summed E-state index contributed by atoms with van der Waals surface area (Å²) in [7, 11) is 0. The minimum atomic E-state index is -0.400. The standard InChI is InChI=1S/C15H22N2O2S/c1-11(2)10-12(15(19)17-7-3-4-8-17)16-14(18)13-6-5-9-20-13/h5-6,9,11-12H,3-4,7-8,10H2,1-2H3,(H,16,18)/t12-/m0/s1. The van der Waals surface area contributed by atoms with Gasteiger partial charge in [-0.25, -0.2) is 0 Å². The number of nitrogens with one attached hydrogen (secondary N) is 1. The third-order valence-electron chi connectivity index (χ3n) is 3.47. The van der Waals surface area contributed by atoms with E-state index in [1.54, 1.807) is 6.07 Å². The number of thiophene rings is 1. The Bertz CT molecular complexity index is 450. The van der Waals surface area contributed by atoms with E-state index < -0.39 is 6.04 Å². The number of nitrogens with zero attached hydrogens (tertiary/aromatic N) is 1. The van der Waals surface area contributed by atoms with E-state index >= 15 is 0 Å². The minimum absolute atomic E-state index is 0.0705. The van der Waals surface area contributed by atoms with Crippen LogP contribution in [0.3, 0.4) is 0 Å². The average Bonchev–Trinajstić information content (AvgIpc) is 3.09. The quantitative estimate of drug-likeness (QED) is 0.907. The summed E-state index contributed by atoms with van der Waals surface area (Å²) in [5, 5.41) is 4.78. The molecule has 0 saturated carbocycles.